The smallest absolute Gasteiger partial charge is 0.0988 e. The Kier molecular flexibility index (Phi) is 3.86. The van der Waals surface area contributed by atoms with Crippen LogP contribution in [0.2, 0.25) is 0 Å². The maximum atomic E-state index is 3.67. The zero-order valence-corrected chi connectivity index (χ0v) is 6.44. The molecule has 0 spiro atoms. The van der Waals surface area contributed by atoms with E-state index in [0.717, 1.165) is 0 Å². The van der Waals surface area contributed by atoms with Crippen LogP contribution in [0.4, 0.5) is 0 Å². The fraction of sp³-hybridized carbons (Fsp3) is 0.250. The van der Waals surface area contributed by atoms with Crippen molar-refractivity contribution in [1.29, 1.82) is 0 Å². The van der Waals surface area contributed by atoms with Gasteiger partial charge < -0.3 is 0 Å². The summed E-state index contributed by atoms with van der Waals surface area (Å²) in [5.41, 5.74) is 2.53. The minimum Gasteiger partial charge on any atom is -0.0988 e. The summed E-state index contributed by atoms with van der Waals surface area (Å²) in [7, 11) is 2.08. The van der Waals surface area contributed by atoms with E-state index in [1.807, 2.05) is 19.1 Å². The van der Waals surface area contributed by atoms with Crippen molar-refractivity contribution in [3.05, 3.63) is 35.9 Å². The highest BCUT2D eigenvalue weighted by atomic mass is 13.8. The molecule has 0 aromatic carbocycles. The van der Waals surface area contributed by atoms with Gasteiger partial charge in [0, 0.05) is 0 Å². The highest BCUT2D eigenvalue weighted by molar-refractivity contribution is 6.24. The summed E-state index contributed by atoms with van der Waals surface area (Å²) in [5.74, 6) is 0. The summed E-state index contributed by atoms with van der Waals surface area (Å²) >= 11 is 0. The van der Waals surface area contributed by atoms with Gasteiger partial charge in [-0.15, -0.1) is 0 Å². The van der Waals surface area contributed by atoms with E-state index < -0.39 is 0 Å². The highest BCUT2D eigenvalue weighted by Crippen LogP contribution is 2.01. The molecule has 0 N–H and O–H groups in total. The third-order valence-corrected chi connectivity index (χ3v) is 1.34. The topological polar surface area (TPSA) is 0 Å². The molecule has 0 amide bonds. The van der Waals surface area contributed by atoms with Crippen molar-refractivity contribution in [3.63, 3.8) is 0 Å². The predicted octanol–water partition coefficient (Wildman–Crippen LogP) is 1.66. The van der Waals surface area contributed by atoms with Crippen LogP contribution in [-0.4, -0.2) is 7.85 Å². The van der Waals surface area contributed by atoms with E-state index >= 15 is 0 Å². The molecule has 1 heteroatoms. The summed E-state index contributed by atoms with van der Waals surface area (Å²) < 4.78 is 0. The van der Waals surface area contributed by atoms with Gasteiger partial charge in [-0.05, 0) is 13.8 Å². The van der Waals surface area contributed by atoms with Crippen molar-refractivity contribution in [1.82, 2.24) is 0 Å². The number of hydrogen-bond donors (Lipinski definition) is 0. The van der Waals surface area contributed by atoms with Gasteiger partial charge in [0.25, 0.3) is 0 Å². The molecule has 9 heavy (non-hydrogen) atoms. The lowest BCUT2D eigenvalue weighted by molar-refractivity contribution is 1.50. The van der Waals surface area contributed by atoms with Crippen LogP contribution in [0.15, 0.2) is 35.9 Å². The minimum atomic E-state index is 1.24. The van der Waals surface area contributed by atoms with Crippen LogP contribution >= 0.6 is 0 Å². The molecule has 0 rings (SSSR count). The molecule has 0 fully saturated rings. The first-order valence-corrected chi connectivity index (χ1v) is 3.15. The maximum absolute atomic E-state index is 3.67. The van der Waals surface area contributed by atoms with Gasteiger partial charge in [0.1, 0.15) is 7.85 Å². The third-order valence-electron chi connectivity index (χ3n) is 1.34. The molecule has 0 aromatic heterocycles. The average Bonchev–Trinajstić information content (AvgIpc) is 1.87. The van der Waals surface area contributed by atoms with Gasteiger partial charge >= 0.3 is 0 Å². The van der Waals surface area contributed by atoms with Crippen molar-refractivity contribution in [2.45, 2.75) is 13.8 Å². The van der Waals surface area contributed by atoms with Crippen LogP contribution in [0, 0.1) is 0 Å². The van der Waals surface area contributed by atoms with Gasteiger partial charge in [0.15, 0.2) is 0 Å². The zero-order valence-electron chi connectivity index (χ0n) is 6.44. The van der Waals surface area contributed by atoms with Crippen molar-refractivity contribution in [2.75, 3.05) is 0 Å². The van der Waals surface area contributed by atoms with E-state index in [4.69, 9.17) is 0 Å². The standard InChI is InChI=1S/C8H13B/c1-4-6-8(9)7(3)5-2/h4-6H,2,9H2,1,3H3/b6-4-,8-7+. The molecule has 0 saturated carbocycles. The number of allylic oxidation sites excluding steroid dienone is 5. The lowest BCUT2D eigenvalue weighted by Crippen LogP contribution is -1.79. The molecule has 0 aliphatic rings. The van der Waals surface area contributed by atoms with Gasteiger partial charge in [-0.3, -0.25) is 0 Å². The lowest BCUT2D eigenvalue weighted by Gasteiger charge is -1.93. The molecule has 0 nitrogen and oxygen atoms in total. The summed E-state index contributed by atoms with van der Waals surface area (Å²) in [6.45, 7) is 7.74. The Morgan fingerprint density at radius 3 is 2.44 bits per heavy atom. The zero-order chi connectivity index (χ0) is 7.28. The maximum Gasteiger partial charge on any atom is 0.139 e. The molecule has 0 aliphatic carbocycles. The Bertz CT molecular complexity index is 152. The Balaban J connectivity index is 4.27. The van der Waals surface area contributed by atoms with Gasteiger partial charge in [-0.2, -0.15) is 0 Å². The summed E-state index contributed by atoms with van der Waals surface area (Å²) in [6.07, 6.45) is 5.98. The fourth-order valence-electron chi connectivity index (χ4n) is 0.542. The molecular weight excluding hydrogens is 107 g/mol. The summed E-state index contributed by atoms with van der Waals surface area (Å²) in [5, 5.41) is 0. The van der Waals surface area contributed by atoms with Crippen molar-refractivity contribution < 1.29 is 0 Å². The largest absolute Gasteiger partial charge is 0.139 e. The first-order valence-electron chi connectivity index (χ1n) is 3.15. The molecule has 0 saturated heterocycles. The van der Waals surface area contributed by atoms with Crippen molar-refractivity contribution in [3.8, 4) is 0 Å². The second-order valence-corrected chi connectivity index (χ2v) is 2.07. The Morgan fingerprint density at radius 1 is 1.56 bits per heavy atom. The summed E-state index contributed by atoms with van der Waals surface area (Å²) in [6, 6.07) is 0. The second-order valence-electron chi connectivity index (χ2n) is 2.07. The van der Waals surface area contributed by atoms with Gasteiger partial charge in [0.2, 0.25) is 0 Å². The Hall–Kier alpha value is -0.715. The van der Waals surface area contributed by atoms with Crippen LogP contribution in [0.5, 0.6) is 0 Å². The highest BCUT2D eigenvalue weighted by Gasteiger charge is 1.83. The first kappa shape index (κ1) is 8.28. The molecule has 0 radical (unpaired) electrons. The van der Waals surface area contributed by atoms with Crippen LogP contribution in [0.1, 0.15) is 13.8 Å². The van der Waals surface area contributed by atoms with Gasteiger partial charge in [-0.1, -0.05) is 35.9 Å². The van der Waals surface area contributed by atoms with E-state index in [9.17, 15) is 0 Å². The molecule has 48 valence electrons. The quantitative estimate of drug-likeness (QED) is 0.384. The predicted molar refractivity (Wildman–Crippen MR) is 46.3 cm³/mol. The van der Waals surface area contributed by atoms with E-state index in [-0.39, 0.29) is 0 Å². The normalized spacial score (nSPS) is 13.6. The van der Waals surface area contributed by atoms with Crippen LogP contribution in [-0.2, 0) is 0 Å². The Morgan fingerprint density at radius 2 is 2.11 bits per heavy atom. The molecular formula is C8H13B. The molecule has 0 atom stereocenters. The van der Waals surface area contributed by atoms with E-state index in [1.54, 1.807) is 0 Å². The minimum absolute atomic E-state index is 1.24. The monoisotopic (exact) mass is 120 g/mol. The fourth-order valence-corrected chi connectivity index (χ4v) is 0.542. The first-order chi connectivity index (χ1) is 4.22. The average molecular weight is 120 g/mol. The van der Waals surface area contributed by atoms with Gasteiger partial charge in [-0.25, -0.2) is 0 Å². The Labute approximate surface area is 58.4 Å². The SMILES string of the molecule is BC(/C=C\C)=C(\C)C=C. The van der Waals surface area contributed by atoms with E-state index in [1.165, 1.54) is 11.0 Å². The van der Waals surface area contributed by atoms with Crippen LogP contribution in [0.3, 0.4) is 0 Å². The molecule has 0 aromatic rings. The number of hydrogen-bond acceptors (Lipinski definition) is 0. The van der Waals surface area contributed by atoms with E-state index in [2.05, 4.69) is 27.4 Å². The third kappa shape index (κ3) is 2.96. The molecule has 0 bridgehead atoms. The number of rotatable bonds is 2. The van der Waals surface area contributed by atoms with Crippen molar-refractivity contribution in [2.24, 2.45) is 0 Å². The van der Waals surface area contributed by atoms with Gasteiger partial charge in [0.05, 0.1) is 0 Å². The van der Waals surface area contributed by atoms with E-state index in [0.29, 0.717) is 0 Å². The van der Waals surface area contributed by atoms with Crippen molar-refractivity contribution >= 4 is 7.85 Å². The summed E-state index contributed by atoms with van der Waals surface area (Å²) in [4.78, 5) is 0. The molecule has 0 heterocycles. The van der Waals surface area contributed by atoms with Crippen LogP contribution < -0.4 is 0 Å². The second kappa shape index (κ2) is 4.19. The van der Waals surface area contributed by atoms with Crippen LogP contribution in [0.25, 0.3) is 0 Å². The molecule has 0 aliphatic heterocycles. The lowest BCUT2D eigenvalue weighted by atomic mass is 9.90. The molecule has 0 unspecified atom stereocenters.